The van der Waals surface area contributed by atoms with Gasteiger partial charge in [0.15, 0.2) is 4.96 Å². The molecule has 0 aliphatic rings. The molecule has 1 amide bonds. The number of hydrogen-bond donors (Lipinski definition) is 1. The van der Waals surface area contributed by atoms with E-state index < -0.39 is 0 Å². The highest BCUT2D eigenvalue weighted by atomic mass is 32.1. The average Bonchev–Trinajstić information content (AvgIpc) is 3.25. The first-order valence-corrected chi connectivity index (χ1v) is 8.82. The molecule has 0 radical (unpaired) electrons. The summed E-state index contributed by atoms with van der Waals surface area (Å²) in [5, 5.41) is 9.51. The van der Waals surface area contributed by atoms with Gasteiger partial charge in [-0.3, -0.25) is 9.20 Å². The number of rotatable bonds is 4. The Morgan fingerprint density at radius 1 is 1.24 bits per heavy atom. The summed E-state index contributed by atoms with van der Waals surface area (Å²) in [7, 11) is 0. The van der Waals surface area contributed by atoms with Crippen molar-refractivity contribution in [3.05, 3.63) is 65.2 Å². The van der Waals surface area contributed by atoms with Crippen LogP contribution in [0, 0.1) is 13.8 Å². The SMILES string of the molecule is Cc1nn(-c2ccccc2)c(C)c1NC(=O)Cc1cn2ccsc2n1. The number of benzene rings is 1. The van der Waals surface area contributed by atoms with E-state index in [0.717, 1.165) is 33.4 Å². The van der Waals surface area contributed by atoms with E-state index in [1.165, 1.54) is 0 Å². The van der Waals surface area contributed by atoms with Gasteiger partial charge in [0.25, 0.3) is 0 Å². The maximum atomic E-state index is 12.4. The third kappa shape index (κ3) is 2.94. The fourth-order valence-corrected chi connectivity index (χ4v) is 3.57. The summed E-state index contributed by atoms with van der Waals surface area (Å²) in [4.78, 5) is 17.8. The van der Waals surface area contributed by atoms with Gasteiger partial charge in [0.05, 0.1) is 34.9 Å². The van der Waals surface area contributed by atoms with Gasteiger partial charge in [0.1, 0.15) is 0 Å². The molecule has 0 bridgehead atoms. The molecule has 0 atom stereocenters. The fourth-order valence-electron chi connectivity index (χ4n) is 2.85. The quantitative estimate of drug-likeness (QED) is 0.613. The van der Waals surface area contributed by atoms with Crippen LogP contribution in [0.15, 0.2) is 48.1 Å². The molecule has 25 heavy (non-hydrogen) atoms. The highest BCUT2D eigenvalue weighted by molar-refractivity contribution is 7.15. The van der Waals surface area contributed by atoms with Crippen LogP contribution >= 0.6 is 11.3 Å². The van der Waals surface area contributed by atoms with Crippen molar-refractivity contribution in [2.24, 2.45) is 0 Å². The third-order valence-corrected chi connectivity index (χ3v) is 4.81. The first-order chi connectivity index (χ1) is 12.1. The summed E-state index contributed by atoms with van der Waals surface area (Å²) in [6, 6.07) is 9.88. The number of imidazole rings is 1. The van der Waals surface area contributed by atoms with Crippen molar-refractivity contribution in [1.82, 2.24) is 19.2 Å². The molecule has 6 nitrogen and oxygen atoms in total. The van der Waals surface area contributed by atoms with Gasteiger partial charge >= 0.3 is 0 Å². The molecule has 3 heterocycles. The lowest BCUT2D eigenvalue weighted by Gasteiger charge is -2.06. The zero-order valence-electron chi connectivity index (χ0n) is 13.9. The number of aromatic nitrogens is 4. The fraction of sp³-hybridized carbons (Fsp3) is 0.167. The molecule has 0 saturated heterocycles. The van der Waals surface area contributed by atoms with Crippen molar-refractivity contribution in [2.75, 3.05) is 5.32 Å². The van der Waals surface area contributed by atoms with Gasteiger partial charge in [-0.1, -0.05) is 18.2 Å². The largest absolute Gasteiger partial charge is 0.323 e. The van der Waals surface area contributed by atoms with E-state index in [1.807, 2.05) is 71.0 Å². The highest BCUT2D eigenvalue weighted by Crippen LogP contribution is 2.23. The van der Waals surface area contributed by atoms with Crippen LogP contribution < -0.4 is 5.32 Å². The van der Waals surface area contributed by atoms with Crippen molar-refractivity contribution < 1.29 is 4.79 Å². The average molecular weight is 351 g/mol. The summed E-state index contributed by atoms with van der Waals surface area (Å²) >= 11 is 1.55. The Morgan fingerprint density at radius 3 is 2.80 bits per heavy atom. The third-order valence-electron chi connectivity index (χ3n) is 4.04. The topological polar surface area (TPSA) is 64.2 Å². The van der Waals surface area contributed by atoms with Crippen LogP contribution in [0.2, 0.25) is 0 Å². The van der Waals surface area contributed by atoms with Gasteiger partial charge in [0, 0.05) is 17.8 Å². The molecular weight excluding hydrogens is 334 g/mol. The van der Waals surface area contributed by atoms with E-state index in [0.29, 0.717) is 0 Å². The lowest BCUT2D eigenvalue weighted by atomic mass is 10.2. The Bertz CT molecular complexity index is 1020. The first kappa shape index (κ1) is 15.6. The summed E-state index contributed by atoms with van der Waals surface area (Å²) in [6.07, 6.45) is 4.06. The molecule has 126 valence electrons. The van der Waals surface area contributed by atoms with Crippen LogP contribution in [0.4, 0.5) is 5.69 Å². The number of para-hydroxylation sites is 1. The van der Waals surface area contributed by atoms with Gasteiger partial charge < -0.3 is 5.32 Å². The lowest BCUT2D eigenvalue weighted by Crippen LogP contribution is -2.15. The van der Waals surface area contributed by atoms with Crippen LogP contribution in [0.1, 0.15) is 17.1 Å². The maximum absolute atomic E-state index is 12.4. The van der Waals surface area contributed by atoms with Gasteiger partial charge in [-0.05, 0) is 26.0 Å². The summed E-state index contributed by atoms with van der Waals surface area (Å²) in [5.74, 6) is -0.0930. The Labute approximate surface area is 148 Å². The Balaban J connectivity index is 1.55. The Hall–Kier alpha value is -2.93. The molecule has 1 aromatic carbocycles. The number of carbonyl (C=O) groups is 1. The molecular formula is C18H17N5OS. The van der Waals surface area contributed by atoms with Crippen LogP contribution in [0.3, 0.4) is 0 Å². The molecule has 4 rings (SSSR count). The van der Waals surface area contributed by atoms with Crippen molar-refractivity contribution in [2.45, 2.75) is 20.3 Å². The van der Waals surface area contributed by atoms with Gasteiger partial charge in [0.2, 0.25) is 5.91 Å². The second-order valence-corrected chi connectivity index (χ2v) is 6.72. The van der Waals surface area contributed by atoms with Crippen molar-refractivity contribution in [1.29, 1.82) is 0 Å². The number of thiazole rings is 1. The number of carbonyl (C=O) groups excluding carboxylic acids is 1. The number of aryl methyl sites for hydroxylation is 1. The summed E-state index contributed by atoms with van der Waals surface area (Å²) in [6.45, 7) is 3.85. The predicted molar refractivity (Wildman–Crippen MR) is 98.4 cm³/mol. The normalized spacial score (nSPS) is 11.1. The molecule has 0 unspecified atom stereocenters. The molecule has 0 spiro atoms. The zero-order valence-corrected chi connectivity index (χ0v) is 14.7. The minimum Gasteiger partial charge on any atom is -0.323 e. The second kappa shape index (κ2) is 6.18. The number of amides is 1. The monoisotopic (exact) mass is 351 g/mol. The standard InChI is InChI=1S/C18H17N5OS/c1-12-17(13(2)23(21-12)15-6-4-3-5-7-15)20-16(24)10-14-11-22-8-9-25-18(22)19-14/h3-9,11H,10H2,1-2H3,(H,20,24). The van der Waals surface area contributed by atoms with E-state index in [9.17, 15) is 4.79 Å². The zero-order chi connectivity index (χ0) is 17.4. The number of fused-ring (bicyclic) bond motifs is 1. The number of nitrogens with zero attached hydrogens (tertiary/aromatic N) is 4. The molecule has 0 saturated carbocycles. The highest BCUT2D eigenvalue weighted by Gasteiger charge is 2.16. The van der Waals surface area contributed by atoms with E-state index >= 15 is 0 Å². The molecule has 7 heteroatoms. The predicted octanol–water partition coefficient (Wildman–Crippen LogP) is 3.38. The molecule has 1 N–H and O–H groups in total. The summed E-state index contributed by atoms with van der Waals surface area (Å²) < 4.78 is 3.77. The second-order valence-electron chi connectivity index (χ2n) is 5.84. The number of hydrogen-bond acceptors (Lipinski definition) is 4. The Kier molecular flexibility index (Phi) is 3.85. The molecule has 0 aliphatic carbocycles. The number of nitrogens with one attached hydrogen (secondary N) is 1. The van der Waals surface area contributed by atoms with Crippen molar-refractivity contribution in [3.8, 4) is 5.69 Å². The smallest absolute Gasteiger partial charge is 0.230 e. The van der Waals surface area contributed by atoms with E-state index in [-0.39, 0.29) is 12.3 Å². The molecule has 0 fully saturated rings. The van der Waals surface area contributed by atoms with Gasteiger partial charge in [-0.15, -0.1) is 11.3 Å². The van der Waals surface area contributed by atoms with E-state index in [2.05, 4.69) is 15.4 Å². The maximum Gasteiger partial charge on any atom is 0.230 e. The minimum atomic E-state index is -0.0930. The van der Waals surface area contributed by atoms with E-state index in [4.69, 9.17) is 0 Å². The first-order valence-electron chi connectivity index (χ1n) is 7.94. The van der Waals surface area contributed by atoms with Crippen molar-refractivity contribution in [3.63, 3.8) is 0 Å². The van der Waals surface area contributed by atoms with Crippen LogP contribution in [0.25, 0.3) is 10.6 Å². The Morgan fingerprint density at radius 2 is 2.04 bits per heavy atom. The van der Waals surface area contributed by atoms with Gasteiger partial charge in [-0.2, -0.15) is 5.10 Å². The van der Waals surface area contributed by atoms with Gasteiger partial charge in [-0.25, -0.2) is 9.67 Å². The van der Waals surface area contributed by atoms with Crippen LogP contribution in [-0.4, -0.2) is 25.1 Å². The number of anilines is 1. The van der Waals surface area contributed by atoms with Crippen molar-refractivity contribution >= 4 is 27.9 Å². The molecule has 3 aromatic heterocycles. The molecule has 4 aromatic rings. The van der Waals surface area contributed by atoms with Crippen LogP contribution in [-0.2, 0) is 11.2 Å². The summed E-state index contributed by atoms with van der Waals surface area (Å²) in [5.41, 5.74) is 4.19. The lowest BCUT2D eigenvalue weighted by molar-refractivity contribution is -0.115. The van der Waals surface area contributed by atoms with Crippen LogP contribution in [0.5, 0.6) is 0 Å². The van der Waals surface area contributed by atoms with E-state index in [1.54, 1.807) is 11.3 Å². The molecule has 0 aliphatic heterocycles. The minimum absolute atomic E-state index is 0.0930.